The summed E-state index contributed by atoms with van der Waals surface area (Å²) in [7, 11) is 0. The van der Waals surface area contributed by atoms with Crippen LogP contribution in [0.3, 0.4) is 0 Å². The molecule has 0 saturated carbocycles. The Labute approximate surface area is 258 Å². The van der Waals surface area contributed by atoms with Crippen LogP contribution in [-0.4, -0.2) is 19.9 Å². The smallest absolute Gasteiger partial charge is 0.164 e. The van der Waals surface area contributed by atoms with Crippen molar-refractivity contribution in [3.63, 3.8) is 0 Å². The molecular weight excluding hydrogens is 552 g/mol. The summed E-state index contributed by atoms with van der Waals surface area (Å²) in [5.41, 5.74) is 6.59. The Morgan fingerprint density at radius 1 is 0.400 bits per heavy atom. The molecule has 5 heteroatoms. The van der Waals surface area contributed by atoms with Crippen molar-refractivity contribution in [3.8, 4) is 45.3 Å². The van der Waals surface area contributed by atoms with E-state index in [0.717, 1.165) is 65.9 Å². The molecule has 0 bridgehead atoms. The zero-order chi connectivity index (χ0) is 29.7. The molecule has 6 aromatic carbocycles. The van der Waals surface area contributed by atoms with Gasteiger partial charge in [-0.1, -0.05) is 115 Å². The average molecular weight is 577 g/mol. The first-order valence-electron chi connectivity index (χ1n) is 14.9. The molecule has 45 heavy (non-hydrogen) atoms. The molecule has 9 aromatic rings. The molecule has 3 heterocycles. The summed E-state index contributed by atoms with van der Waals surface area (Å²) in [5.74, 6) is 1.92. The van der Waals surface area contributed by atoms with Crippen molar-refractivity contribution < 1.29 is 4.42 Å². The van der Waals surface area contributed by atoms with Gasteiger partial charge in [0, 0.05) is 39.2 Å². The summed E-state index contributed by atoms with van der Waals surface area (Å²) in [6.07, 6.45) is 3.75. The Kier molecular flexibility index (Phi) is 5.74. The summed E-state index contributed by atoms with van der Waals surface area (Å²) < 4.78 is 6.32. The molecule has 5 nitrogen and oxygen atoms in total. The van der Waals surface area contributed by atoms with E-state index in [1.165, 1.54) is 5.39 Å². The summed E-state index contributed by atoms with van der Waals surface area (Å²) in [6.45, 7) is 0. The van der Waals surface area contributed by atoms with Gasteiger partial charge in [-0.3, -0.25) is 4.98 Å². The highest BCUT2D eigenvalue weighted by Crippen LogP contribution is 2.40. The van der Waals surface area contributed by atoms with Gasteiger partial charge in [-0.2, -0.15) is 0 Å². The predicted molar refractivity (Wildman–Crippen MR) is 182 cm³/mol. The number of nitrogens with zero attached hydrogens (tertiary/aromatic N) is 4. The van der Waals surface area contributed by atoms with Gasteiger partial charge in [0.15, 0.2) is 23.1 Å². The van der Waals surface area contributed by atoms with Gasteiger partial charge in [0.05, 0.1) is 6.20 Å². The Hall–Kier alpha value is -6.20. The van der Waals surface area contributed by atoms with Crippen LogP contribution in [0.15, 0.2) is 150 Å². The fourth-order valence-corrected chi connectivity index (χ4v) is 6.21. The lowest BCUT2D eigenvalue weighted by Gasteiger charge is -2.11. The van der Waals surface area contributed by atoms with Gasteiger partial charge >= 0.3 is 0 Å². The summed E-state index contributed by atoms with van der Waals surface area (Å²) in [6, 6.07) is 45.6. The molecule has 0 atom stereocenters. The van der Waals surface area contributed by atoms with Crippen LogP contribution >= 0.6 is 0 Å². The van der Waals surface area contributed by atoms with Crippen molar-refractivity contribution in [1.29, 1.82) is 0 Å². The van der Waals surface area contributed by atoms with E-state index in [1.807, 2.05) is 73.1 Å². The summed E-state index contributed by atoms with van der Waals surface area (Å²) in [5, 5.41) is 6.69. The Morgan fingerprint density at radius 2 is 1.02 bits per heavy atom. The van der Waals surface area contributed by atoms with Gasteiger partial charge in [-0.25, -0.2) is 15.0 Å². The predicted octanol–water partition coefficient (Wildman–Crippen LogP) is 10.1. The van der Waals surface area contributed by atoms with Gasteiger partial charge in [-0.05, 0) is 45.3 Å². The molecule has 3 aromatic heterocycles. The van der Waals surface area contributed by atoms with E-state index in [4.69, 9.17) is 19.4 Å². The molecule has 0 unspecified atom stereocenters. The van der Waals surface area contributed by atoms with Crippen molar-refractivity contribution in [2.45, 2.75) is 0 Å². The first-order chi connectivity index (χ1) is 22.3. The van der Waals surface area contributed by atoms with Gasteiger partial charge < -0.3 is 4.42 Å². The van der Waals surface area contributed by atoms with Crippen LogP contribution < -0.4 is 0 Å². The third kappa shape index (κ3) is 4.33. The first-order valence-corrected chi connectivity index (χ1v) is 14.9. The molecule has 0 N–H and O–H groups in total. The van der Waals surface area contributed by atoms with Crippen molar-refractivity contribution in [1.82, 2.24) is 19.9 Å². The van der Waals surface area contributed by atoms with E-state index in [9.17, 15) is 0 Å². The fourth-order valence-electron chi connectivity index (χ4n) is 6.21. The molecule has 210 valence electrons. The van der Waals surface area contributed by atoms with E-state index in [2.05, 4.69) is 77.8 Å². The second-order valence-corrected chi connectivity index (χ2v) is 11.1. The highest BCUT2D eigenvalue weighted by atomic mass is 16.3. The molecule has 0 saturated heterocycles. The van der Waals surface area contributed by atoms with Crippen molar-refractivity contribution in [2.75, 3.05) is 0 Å². The van der Waals surface area contributed by atoms with E-state index in [0.29, 0.717) is 17.5 Å². The lowest BCUT2D eigenvalue weighted by Crippen LogP contribution is -2.00. The van der Waals surface area contributed by atoms with Crippen LogP contribution in [0, 0.1) is 0 Å². The molecule has 9 rings (SSSR count). The second-order valence-electron chi connectivity index (χ2n) is 11.1. The van der Waals surface area contributed by atoms with Crippen molar-refractivity contribution in [2.24, 2.45) is 0 Å². The minimum atomic E-state index is 0.631. The van der Waals surface area contributed by atoms with Crippen molar-refractivity contribution in [3.05, 3.63) is 146 Å². The molecule has 0 aliphatic heterocycles. The van der Waals surface area contributed by atoms with Gasteiger partial charge in [-0.15, -0.1) is 0 Å². The number of furan rings is 1. The number of aromatic nitrogens is 4. The van der Waals surface area contributed by atoms with Crippen LogP contribution in [0.5, 0.6) is 0 Å². The highest BCUT2D eigenvalue weighted by molar-refractivity contribution is 6.17. The zero-order valence-electron chi connectivity index (χ0n) is 24.1. The van der Waals surface area contributed by atoms with Crippen LogP contribution in [0.25, 0.3) is 88.8 Å². The SMILES string of the molecule is c1ccc(-c2nc(-c3ccccc3)nc(-c3ccc4c(-c5cncc6oc7cc8ccccc8cc7c56)cccc4c3)n2)cc1. The Bertz CT molecular complexity index is 2480. The number of pyridine rings is 1. The molecule has 0 radical (unpaired) electrons. The number of fused-ring (bicyclic) bond motifs is 5. The quantitative estimate of drug-likeness (QED) is 0.209. The van der Waals surface area contributed by atoms with Crippen molar-refractivity contribution >= 4 is 43.5 Å². The van der Waals surface area contributed by atoms with Crippen LogP contribution in [0.1, 0.15) is 0 Å². The highest BCUT2D eigenvalue weighted by Gasteiger charge is 2.17. The number of hydrogen-bond donors (Lipinski definition) is 0. The van der Waals surface area contributed by atoms with E-state index >= 15 is 0 Å². The van der Waals surface area contributed by atoms with Crippen LogP contribution in [0.4, 0.5) is 0 Å². The summed E-state index contributed by atoms with van der Waals surface area (Å²) in [4.78, 5) is 19.3. The third-order valence-electron chi connectivity index (χ3n) is 8.38. The normalized spacial score (nSPS) is 11.6. The topological polar surface area (TPSA) is 64.7 Å². The molecule has 0 aliphatic carbocycles. The first kappa shape index (κ1) is 25.3. The zero-order valence-corrected chi connectivity index (χ0v) is 24.1. The van der Waals surface area contributed by atoms with Crippen LogP contribution in [0.2, 0.25) is 0 Å². The maximum Gasteiger partial charge on any atom is 0.164 e. The largest absolute Gasteiger partial charge is 0.454 e. The third-order valence-corrected chi connectivity index (χ3v) is 8.38. The maximum atomic E-state index is 6.32. The number of hydrogen-bond acceptors (Lipinski definition) is 5. The van der Waals surface area contributed by atoms with E-state index in [1.54, 1.807) is 0 Å². The minimum absolute atomic E-state index is 0.631. The minimum Gasteiger partial charge on any atom is -0.454 e. The Balaban J connectivity index is 1.22. The fraction of sp³-hybridized carbons (Fsp3) is 0. The Morgan fingerprint density at radius 3 is 1.73 bits per heavy atom. The summed E-state index contributed by atoms with van der Waals surface area (Å²) >= 11 is 0. The molecule has 0 amide bonds. The van der Waals surface area contributed by atoms with E-state index < -0.39 is 0 Å². The molecular formula is C40H24N4O. The van der Waals surface area contributed by atoms with Gasteiger partial charge in [0.2, 0.25) is 0 Å². The average Bonchev–Trinajstić information content (AvgIpc) is 3.48. The van der Waals surface area contributed by atoms with E-state index in [-0.39, 0.29) is 0 Å². The second kappa shape index (κ2) is 10.2. The number of rotatable bonds is 4. The monoisotopic (exact) mass is 576 g/mol. The lowest BCUT2D eigenvalue weighted by atomic mass is 9.94. The number of benzene rings is 6. The molecule has 0 fully saturated rings. The van der Waals surface area contributed by atoms with Gasteiger partial charge in [0.25, 0.3) is 0 Å². The molecule has 0 spiro atoms. The van der Waals surface area contributed by atoms with Crippen LogP contribution in [-0.2, 0) is 0 Å². The lowest BCUT2D eigenvalue weighted by molar-refractivity contribution is 0.667. The molecule has 0 aliphatic rings. The maximum absolute atomic E-state index is 6.32. The standard InChI is InChI=1S/C40H24N4O/c1-3-10-25(11-4-1)38-42-39(26-12-5-2-6-13-26)44-40(43-38)30-18-19-31-29(20-30)16-9-17-32(31)34-23-41-24-36-37(34)33-21-27-14-7-8-15-28(27)22-35(33)45-36/h1-24H. The van der Waals surface area contributed by atoms with Gasteiger partial charge in [0.1, 0.15) is 5.58 Å².